The third-order valence-electron chi connectivity index (χ3n) is 4.58. The van der Waals surface area contributed by atoms with Crippen LogP contribution in [0.3, 0.4) is 0 Å². The summed E-state index contributed by atoms with van der Waals surface area (Å²) in [7, 11) is 0. The van der Waals surface area contributed by atoms with E-state index in [0.29, 0.717) is 19.4 Å². The van der Waals surface area contributed by atoms with Crippen LogP contribution in [0, 0.1) is 5.92 Å². The number of primary amides is 1. The van der Waals surface area contributed by atoms with Gasteiger partial charge in [-0.25, -0.2) is 4.79 Å². The Kier molecular flexibility index (Phi) is 8.83. The highest BCUT2D eigenvalue weighted by molar-refractivity contribution is 5.93. The second kappa shape index (κ2) is 10.6. The zero-order valence-electron chi connectivity index (χ0n) is 16.1. The number of carboxylic acid groups (broad SMARTS) is 1. The Morgan fingerprint density at radius 1 is 1.21 bits per heavy atom. The number of carboxylic acids is 1. The van der Waals surface area contributed by atoms with E-state index in [4.69, 9.17) is 16.6 Å². The van der Waals surface area contributed by atoms with Crippen molar-refractivity contribution < 1.29 is 29.1 Å². The molecule has 0 radical (unpaired) electrons. The van der Waals surface area contributed by atoms with Gasteiger partial charge in [-0.3, -0.25) is 19.2 Å². The van der Waals surface area contributed by atoms with Gasteiger partial charge in [-0.1, -0.05) is 13.8 Å². The molecule has 0 aromatic carbocycles. The Bertz CT molecular complexity index is 623. The maximum atomic E-state index is 12.4. The van der Waals surface area contributed by atoms with Gasteiger partial charge in [0.2, 0.25) is 23.6 Å². The number of hydrogen-bond acceptors (Lipinski definition) is 6. The van der Waals surface area contributed by atoms with Crippen LogP contribution in [0.25, 0.3) is 0 Å². The second-order valence-corrected chi connectivity index (χ2v) is 7.14. The first-order valence-corrected chi connectivity index (χ1v) is 9.18. The summed E-state index contributed by atoms with van der Waals surface area (Å²) in [5.41, 5.74) is 10.9. The van der Waals surface area contributed by atoms with Crippen LogP contribution in [-0.4, -0.2) is 70.8 Å². The third-order valence-corrected chi connectivity index (χ3v) is 4.58. The summed E-state index contributed by atoms with van der Waals surface area (Å²) in [6, 6.07) is -2.71. The Labute approximate surface area is 163 Å². The summed E-state index contributed by atoms with van der Waals surface area (Å²) in [6.45, 7) is 3.59. The highest BCUT2D eigenvalue weighted by Gasteiger charge is 2.36. The lowest BCUT2D eigenvalue weighted by Gasteiger charge is -2.28. The first-order chi connectivity index (χ1) is 13.0. The van der Waals surface area contributed by atoms with E-state index in [1.165, 1.54) is 4.90 Å². The summed E-state index contributed by atoms with van der Waals surface area (Å²) >= 11 is 0. The minimum absolute atomic E-state index is 0.0732. The number of rotatable bonds is 10. The fraction of sp³-hybridized carbons (Fsp3) is 0.706. The average Bonchev–Trinajstić information content (AvgIpc) is 3.11. The number of likely N-dealkylation sites (tertiary alicyclic amines) is 1. The molecule has 1 fully saturated rings. The minimum Gasteiger partial charge on any atom is -0.480 e. The van der Waals surface area contributed by atoms with Crippen molar-refractivity contribution in [1.82, 2.24) is 15.5 Å². The molecule has 3 unspecified atom stereocenters. The number of nitrogens with two attached hydrogens (primary N) is 2. The van der Waals surface area contributed by atoms with Crippen LogP contribution in [0.1, 0.15) is 39.5 Å². The van der Waals surface area contributed by atoms with E-state index in [-0.39, 0.29) is 24.7 Å². The van der Waals surface area contributed by atoms with E-state index < -0.39 is 48.4 Å². The van der Waals surface area contributed by atoms with Crippen LogP contribution in [0.4, 0.5) is 0 Å². The Morgan fingerprint density at radius 3 is 2.39 bits per heavy atom. The zero-order chi connectivity index (χ0) is 21.4. The van der Waals surface area contributed by atoms with Crippen molar-refractivity contribution in [3.63, 3.8) is 0 Å². The van der Waals surface area contributed by atoms with E-state index >= 15 is 0 Å². The average molecular weight is 399 g/mol. The van der Waals surface area contributed by atoms with Gasteiger partial charge >= 0.3 is 5.97 Å². The molecular formula is C17H29N5O6. The number of aliphatic carboxylic acids is 1. The van der Waals surface area contributed by atoms with Gasteiger partial charge in [-0.15, -0.1) is 0 Å². The van der Waals surface area contributed by atoms with Gasteiger partial charge < -0.3 is 32.1 Å². The van der Waals surface area contributed by atoms with Crippen molar-refractivity contribution in [2.24, 2.45) is 17.4 Å². The van der Waals surface area contributed by atoms with Gasteiger partial charge in [0.15, 0.2) is 0 Å². The van der Waals surface area contributed by atoms with Crippen molar-refractivity contribution in [3.8, 4) is 0 Å². The predicted molar refractivity (Wildman–Crippen MR) is 98.6 cm³/mol. The van der Waals surface area contributed by atoms with Gasteiger partial charge in [0.05, 0.1) is 12.6 Å². The van der Waals surface area contributed by atoms with Gasteiger partial charge in [0.25, 0.3) is 0 Å². The highest BCUT2D eigenvalue weighted by atomic mass is 16.4. The molecule has 0 bridgehead atoms. The van der Waals surface area contributed by atoms with Crippen molar-refractivity contribution in [2.75, 3.05) is 13.1 Å². The van der Waals surface area contributed by atoms with E-state index in [9.17, 15) is 24.0 Å². The van der Waals surface area contributed by atoms with Crippen molar-refractivity contribution in [2.45, 2.75) is 57.7 Å². The van der Waals surface area contributed by atoms with Gasteiger partial charge in [-0.2, -0.15) is 0 Å². The maximum absolute atomic E-state index is 12.4. The number of hydrogen-bond donors (Lipinski definition) is 5. The van der Waals surface area contributed by atoms with Crippen LogP contribution < -0.4 is 22.1 Å². The molecule has 7 N–H and O–H groups in total. The molecular weight excluding hydrogens is 370 g/mol. The Balaban J connectivity index is 2.57. The molecule has 4 amide bonds. The van der Waals surface area contributed by atoms with Crippen LogP contribution >= 0.6 is 0 Å². The Morgan fingerprint density at radius 2 is 1.86 bits per heavy atom. The molecule has 1 saturated heterocycles. The van der Waals surface area contributed by atoms with Gasteiger partial charge in [0.1, 0.15) is 12.1 Å². The van der Waals surface area contributed by atoms with Crippen molar-refractivity contribution in [3.05, 3.63) is 0 Å². The number of amides is 4. The zero-order valence-corrected chi connectivity index (χ0v) is 16.1. The molecule has 0 aromatic heterocycles. The smallest absolute Gasteiger partial charge is 0.326 e. The van der Waals surface area contributed by atoms with Gasteiger partial charge in [0, 0.05) is 13.0 Å². The van der Waals surface area contributed by atoms with Crippen molar-refractivity contribution >= 4 is 29.6 Å². The molecule has 1 aliphatic heterocycles. The molecule has 1 aliphatic rings. The van der Waals surface area contributed by atoms with Crippen LogP contribution in [0.15, 0.2) is 0 Å². The molecule has 3 atom stereocenters. The number of nitrogens with zero attached hydrogens (tertiary/aromatic N) is 1. The molecule has 1 rings (SSSR count). The summed E-state index contributed by atoms with van der Waals surface area (Å²) < 4.78 is 0. The lowest BCUT2D eigenvalue weighted by atomic mass is 10.0. The van der Waals surface area contributed by atoms with Gasteiger partial charge in [-0.05, 0) is 25.2 Å². The lowest BCUT2D eigenvalue weighted by Crippen LogP contribution is -2.54. The van der Waals surface area contributed by atoms with E-state index in [1.807, 2.05) is 13.8 Å². The molecule has 0 saturated carbocycles. The van der Waals surface area contributed by atoms with Crippen molar-refractivity contribution in [1.29, 1.82) is 0 Å². The number of carbonyl (C=O) groups is 5. The standard InChI is InChI=1S/C17H29N5O6/c1-9(2)14(19)16(26)22-7-3-4-11(22)15(25)20-8-13(24)21-10(17(27)28)5-6-12(18)23/h9-11,14H,3-8,19H2,1-2H3,(H2,18,23)(H,20,25)(H,21,24)(H,27,28). The minimum atomic E-state index is -1.31. The molecule has 28 heavy (non-hydrogen) atoms. The van der Waals surface area contributed by atoms with Crippen LogP contribution in [-0.2, 0) is 24.0 Å². The monoisotopic (exact) mass is 399 g/mol. The maximum Gasteiger partial charge on any atom is 0.326 e. The Hall–Kier alpha value is -2.69. The molecule has 11 nitrogen and oxygen atoms in total. The summed E-state index contributed by atoms with van der Waals surface area (Å²) in [5, 5.41) is 13.7. The largest absolute Gasteiger partial charge is 0.480 e. The first kappa shape index (κ1) is 23.3. The highest BCUT2D eigenvalue weighted by Crippen LogP contribution is 2.19. The topological polar surface area (TPSA) is 185 Å². The third kappa shape index (κ3) is 6.80. The number of nitrogens with one attached hydrogen (secondary N) is 2. The van der Waals surface area contributed by atoms with E-state index in [2.05, 4.69) is 10.6 Å². The normalized spacial score (nSPS) is 18.4. The molecule has 0 aliphatic carbocycles. The quantitative estimate of drug-likeness (QED) is 0.279. The SMILES string of the molecule is CC(C)C(N)C(=O)N1CCCC1C(=O)NCC(=O)NC(CCC(N)=O)C(=O)O. The summed E-state index contributed by atoms with van der Waals surface area (Å²) in [5.74, 6) is -3.60. The number of carbonyl (C=O) groups excluding carboxylic acids is 4. The molecule has 0 aromatic rings. The molecule has 0 spiro atoms. The molecule has 11 heteroatoms. The second-order valence-electron chi connectivity index (χ2n) is 7.14. The predicted octanol–water partition coefficient (Wildman–Crippen LogP) is -2.09. The van der Waals surface area contributed by atoms with E-state index in [0.717, 1.165) is 0 Å². The fourth-order valence-corrected chi connectivity index (χ4v) is 2.85. The van der Waals surface area contributed by atoms with Crippen LogP contribution in [0.5, 0.6) is 0 Å². The molecule has 158 valence electrons. The molecule has 1 heterocycles. The summed E-state index contributed by atoms with van der Waals surface area (Å²) in [4.78, 5) is 60.1. The fourth-order valence-electron chi connectivity index (χ4n) is 2.85. The van der Waals surface area contributed by atoms with E-state index in [1.54, 1.807) is 0 Å². The summed E-state index contributed by atoms with van der Waals surface area (Å²) in [6.07, 6.45) is 0.761. The van der Waals surface area contributed by atoms with Crippen LogP contribution in [0.2, 0.25) is 0 Å². The first-order valence-electron chi connectivity index (χ1n) is 9.18. The lowest BCUT2D eigenvalue weighted by molar-refractivity contribution is -0.142.